The number of hydrogen-bond acceptors (Lipinski definition) is 5. The lowest BCUT2D eigenvalue weighted by Gasteiger charge is -2.25. The zero-order valence-electron chi connectivity index (χ0n) is 15.2. The summed E-state index contributed by atoms with van der Waals surface area (Å²) in [4.78, 5) is 24.2. The van der Waals surface area contributed by atoms with E-state index >= 15 is 0 Å². The Morgan fingerprint density at radius 3 is 2.41 bits per heavy atom. The van der Waals surface area contributed by atoms with Crippen LogP contribution in [0.1, 0.15) is 18.9 Å². The van der Waals surface area contributed by atoms with Crippen LogP contribution in [0, 0.1) is 12.7 Å². The van der Waals surface area contributed by atoms with E-state index in [9.17, 15) is 22.4 Å². The molecular weight excluding hydrogens is 375 g/mol. The fourth-order valence-corrected chi connectivity index (χ4v) is 3.41. The first-order chi connectivity index (χ1) is 12.5. The van der Waals surface area contributed by atoms with Crippen LogP contribution in [0.15, 0.2) is 41.3 Å². The number of aryl methyl sites for hydroxylation is 2. The van der Waals surface area contributed by atoms with E-state index in [1.54, 1.807) is 25.1 Å². The smallest absolute Gasteiger partial charge is 0.264 e. The second-order valence-corrected chi connectivity index (χ2v) is 9.05. The number of rotatable bonds is 6. The Balaban J connectivity index is 2.29. The van der Waals surface area contributed by atoms with Crippen molar-refractivity contribution in [1.29, 1.82) is 0 Å². The topological polar surface area (TPSA) is 105 Å². The van der Waals surface area contributed by atoms with Gasteiger partial charge < -0.3 is 4.57 Å². The molecule has 0 fully saturated rings. The van der Waals surface area contributed by atoms with E-state index in [0.717, 1.165) is 6.26 Å². The molecule has 27 heavy (non-hydrogen) atoms. The van der Waals surface area contributed by atoms with E-state index in [1.165, 1.54) is 35.3 Å². The first-order valence-electron chi connectivity index (χ1n) is 8.11. The minimum Gasteiger partial charge on any atom is -0.315 e. The molecule has 2 rings (SSSR count). The number of carbonyl (C=O) groups is 1. The first kappa shape index (κ1) is 20.8. The molecule has 1 amide bonds. The zero-order valence-corrected chi connectivity index (χ0v) is 16.0. The van der Waals surface area contributed by atoms with Gasteiger partial charge in [0.25, 0.3) is 11.5 Å². The van der Waals surface area contributed by atoms with Crippen molar-refractivity contribution in [2.75, 3.05) is 6.26 Å². The van der Waals surface area contributed by atoms with Crippen molar-refractivity contribution >= 4 is 15.7 Å². The van der Waals surface area contributed by atoms with Crippen molar-refractivity contribution in [3.63, 3.8) is 0 Å². The number of aromatic nitrogens is 1. The standard InChI is InChI=1S/C18H21FN2O5S/c1-12-4-5-13(10-15(12)19)14-6-8-21(16(22)11-14)9-7-18(2,17(23)20-24)27(3,25)26/h4-6,8,10-11,24H,7,9H2,1-3H3,(H,20,23)/t18-/m1/s1. The van der Waals surface area contributed by atoms with Crippen LogP contribution in [0.4, 0.5) is 4.39 Å². The van der Waals surface area contributed by atoms with E-state index in [-0.39, 0.29) is 18.8 Å². The molecule has 1 aromatic carbocycles. The summed E-state index contributed by atoms with van der Waals surface area (Å²) >= 11 is 0. The van der Waals surface area contributed by atoms with Crippen molar-refractivity contribution in [3.05, 3.63) is 58.3 Å². The number of hydroxylamine groups is 1. The molecule has 1 heterocycles. The van der Waals surface area contributed by atoms with Crippen molar-refractivity contribution in [2.45, 2.75) is 31.6 Å². The highest BCUT2D eigenvalue weighted by Gasteiger charge is 2.43. The third kappa shape index (κ3) is 4.25. The Hall–Kier alpha value is -2.52. The summed E-state index contributed by atoms with van der Waals surface area (Å²) in [5.74, 6) is -1.44. The number of sulfone groups is 1. The number of hydrogen-bond donors (Lipinski definition) is 2. The van der Waals surface area contributed by atoms with Gasteiger partial charge in [-0.25, -0.2) is 18.3 Å². The Kier molecular flexibility index (Phi) is 5.86. The first-order valence-corrected chi connectivity index (χ1v) is 10.00. The summed E-state index contributed by atoms with van der Waals surface area (Å²) in [7, 11) is -3.85. The van der Waals surface area contributed by atoms with Gasteiger partial charge in [0.2, 0.25) is 0 Å². The zero-order chi connectivity index (χ0) is 20.4. The second kappa shape index (κ2) is 7.61. The van der Waals surface area contributed by atoms with E-state index < -0.39 is 26.1 Å². The van der Waals surface area contributed by atoms with Gasteiger partial charge in [0.05, 0.1) is 0 Å². The summed E-state index contributed by atoms with van der Waals surface area (Å²) in [6.07, 6.45) is 2.13. The van der Waals surface area contributed by atoms with Crippen molar-refractivity contribution in [1.82, 2.24) is 10.0 Å². The minimum absolute atomic E-state index is 0.0572. The van der Waals surface area contributed by atoms with Crippen molar-refractivity contribution in [3.8, 4) is 11.1 Å². The SMILES string of the molecule is Cc1ccc(-c2ccn(CC[C@](C)(C(=O)NO)S(C)(=O)=O)c(=O)c2)cc1F. The molecule has 1 aromatic heterocycles. The number of benzene rings is 1. The maximum absolute atomic E-state index is 13.7. The van der Waals surface area contributed by atoms with Crippen LogP contribution >= 0.6 is 0 Å². The molecule has 0 aliphatic carbocycles. The van der Waals surface area contributed by atoms with Gasteiger partial charge in [0.15, 0.2) is 14.6 Å². The number of halogens is 1. The molecule has 9 heteroatoms. The third-order valence-corrected chi connectivity index (χ3v) is 6.76. The largest absolute Gasteiger partial charge is 0.315 e. The number of nitrogens with zero attached hydrogens (tertiary/aromatic N) is 1. The average Bonchev–Trinajstić information content (AvgIpc) is 2.60. The molecule has 2 N–H and O–H groups in total. The second-order valence-electron chi connectivity index (χ2n) is 6.60. The lowest BCUT2D eigenvalue weighted by atomic mass is 10.0. The third-order valence-electron chi connectivity index (χ3n) is 4.73. The van der Waals surface area contributed by atoms with Gasteiger partial charge in [0.1, 0.15) is 5.82 Å². The minimum atomic E-state index is -3.85. The molecule has 0 unspecified atom stereocenters. The van der Waals surface area contributed by atoms with E-state index in [4.69, 9.17) is 5.21 Å². The quantitative estimate of drug-likeness (QED) is 0.571. The molecule has 146 valence electrons. The van der Waals surface area contributed by atoms with E-state index in [1.807, 2.05) is 0 Å². The summed E-state index contributed by atoms with van der Waals surface area (Å²) in [5.41, 5.74) is 2.50. The summed E-state index contributed by atoms with van der Waals surface area (Å²) in [6, 6.07) is 7.56. The van der Waals surface area contributed by atoms with E-state index in [0.29, 0.717) is 16.7 Å². The summed E-state index contributed by atoms with van der Waals surface area (Å²) < 4.78 is 37.0. The molecule has 0 radical (unpaired) electrons. The summed E-state index contributed by atoms with van der Waals surface area (Å²) in [5, 5.41) is 8.83. The predicted octanol–water partition coefficient (Wildman–Crippen LogP) is 1.66. The van der Waals surface area contributed by atoms with E-state index in [2.05, 4.69) is 0 Å². The molecule has 7 nitrogen and oxygen atoms in total. The van der Waals surface area contributed by atoms with Gasteiger partial charge in [-0.1, -0.05) is 12.1 Å². The number of nitrogens with one attached hydrogen (secondary N) is 1. The molecule has 0 aliphatic heterocycles. The highest BCUT2D eigenvalue weighted by atomic mass is 32.2. The van der Waals surface area contributed by atoms with Crippen LogP contribution < -0.4 is 11.0 Å². The van der Waals surface area contributed by atoms with Gasteiger partial charge in [-0.15, -0.1) is 0 Å². The lowest BCUT2D eigenvalue weighted by Crippen LogP contribution is -2.49. The monoisotopic (exact) mass is 396 g/mol. The van der Waals surface area contributed by atoms with Crippen LogP contribution in [0.3, 0.4) is 0 Å². The number of carbonyl (C=O) groups excluding carboxylic acids is 1. The van der Waals surface area contributed by atoms with Gasteiger partial charge >= 0.3 is 0 Å². The van der Waals surface area contributed by atoms with Crippen molar-refractivity contribution < 1.29 is 22.8 Å². The Morgan fingerprint density at radius 2 is 1.89 bits per heavy atom. The highest BCUT2D eigenvalue weighted by molar-refractivity contribution is 7.92. The van der Waals surface area contributed by atoms with Gasteiger partial charge in [-0.2, -0.15) is 0 Å². The molecule has 0 aliphatic rings. The van der Waals surface area contributed by atoms with Crippen LogP contribution in [0.5, 0.6) is 0 Å². The van der Waals surface area contributed by atoms with Gasteiger partial charge in [-0.05, 0) is 49.1 Å². The Bertz CT molecular complexity index is 1030. The van der Waals surface area contributed by atoms with Crippen LogP contribution in [-0.4, -0.2) is 35.1 Å². The molecule has 0 saturated heterocycles. The average molecular weight is 396 g/mol. The molecule has 0 spiro atoms. The molecular formula is C18H21FN2O5S. The molecule has 0 saturated carbocycles. The summed E-state index contributed by atoms with van der Waals surface area (Å²) in [6.45, 7) is 2.76. The van der Waals surface area contributed by atoms with Crippen LogP contribution in [-0.2, 0) is 21.2 Å². The fourth-order valence-electron chi connectivity index (χ4n) is 2.56. The maximum atomic E-state index is 13.7. The molecule has 1 atom stereocenters. The predicted molar refractivity (Wildman–Crippen MR) is 98.6 cm³/mol. The fraction of sp³-hybridized carbons (Fsp3) is 0.333. The van der Waals surface area contributed by atoms with Gasteiger partial charge in [0, 0.05) is 25.1 Å². The van der Waals surface area contributed by atoms with Crippen molar-refractivity contribution in [2.24, 2.45) is 0 Å². The van der Waals surface area contributed by atoms with Crippen LogP contribution in [0.25, 0.3) is 11.1 Å². The number of pyridine rings is 1. The van der Waals surface area contributed by atoms with Crippen LogP contribution in [0.2, 0.25) is 0 Å². The lowest BCUT2D eigenvalue weighted by molar-refractivity contribution is -0.131. The Labute approximate surface area is 156 Å². The molecule has 0 bridgehead atoms. The molecule has 2 aromatic rings. The number of amides is 1. The van der Waals surface area contributed by atoms with Gasteiger partial charge in [-0.3, -0.25) is 14.8 Å². The normalized spacial score (nSPS) is 13.8. The maximum Gasteiger partial charge on any atom is 0.264 e. The Morgan fingerprint density at radius 1 is 1.26 bits per heavy atom. The highest BCUT2D eigenvalue weighted by Crippen LogP contribution is 2.23.